The Balaban J connectivity index is 1.26. The fourth-order valence-corrected chi connectivity index (χ4v) is 7.46. The quantitative estimate of drug-likeness (QED) is 0.204. The van der Waals surface area contributed by atoms with E-state index in [1.54, 1.807) is 0 Å². The average molecular weight is 589 g/mol. The summed E-state index contributed by atoms with van der Waals surface area (Å²) in [7, 11) is 0. The molecule has 0 unspecified atom stereocenters. The predicted molar refractivity (Wildman–Crippen MR) is 189 cm³/mol. The van der Waals surface area contributed by atoms with Crippen LogP contribution in [0, 0.1) is 0 Å². The Labute approximate surface area is 270 Å². The fraction of sp³-hybridized carbons (Fsp3) is 0.0909. The molecule has 2 aromatic heterocycles. The van der Waals surface area contributed by atoms with Crippen LogP contribution in [0.4, 0.5) is 0 Å². The standard InChI is InChI=1S/C44H32N2/c1-3-14-31(15-4-1)41-27-39-35-20-9-7-12-29(35)22-24-37(39)43(45-41)33-18-11-19-34(26-33)44-38-25-23-30-13-8-10-21-36(30)40(38)28-42(46-44)32-16-5-2-6-17-32/h1-21,26-28H,22-25H2. The van der Waals surface area contributed by atoms with Crippen LogP contribution >= 0.6 is 0 Å². The second-order valence-corrected chi connectivity index (χ2v) is 12.4. The lowest BCUT2D eigenvalue weighted by Gasteiger charge is -2.24. The molecule has 2 heterocycles. The minimum Gasteiger partial charge on any atom is -0.247 e. The van der Waals surface area contributed by atoms with Crippen LogP contribution in [-0.4, -0.2) is 9.97 Å². The van der Waals surface area contributed by atoms with Crippen molar-refractivity contribution in [3.63, 3.8) is 0 Å². The molecule has 0 fully saturated rings. The Bertz CT molecular complexity index is 2090. The molecule has 2 heteroatoms. The topological polar surface area (TPSA) is 25.8 Å². The minimum atomic E-state index is 0.974. The smallest absolute Gasteiger partial charge is 0.0748 e. The number of aromatic nitrogens is 2. The molecule has 218 valence electrons. The van der Waals surface area contributed by atoms with E-state index < -0.39 is 0 Å². The SMILES string of the molecule is c1ccc(-c2cc3c(c(-c4cccc(-c5nc(-c6ccccc6)cc6c5CCc5ccccc5-6)c4)n2)CCc2ccccc2-3)cc1. The monoisotopic (exact) mass is 588 g/mol. The number of rotatable bonds is 4. The molecule has 2 nitrogen and oxygen atoms in total. The van der Waals surface area contributed by atoms with E-state index in [-0.39, 0.29) is 0 Å². The zero-order valence-electron chi connectivity index (χ0n) is 25.6. The third-order valence-electron chi connectivity index (χ3n) is 9.70. The molecule has 0 amide bonds. The summed E-state index contributed by atoms with van der Waals surface area (Å²) in [5.41, 5.74) is 19.5. The summed E-state index contributed by atoms with van der Waals surface area (Å²) >= 11 is 0. The lowest BCUT2D eigenvalue weighted by atomic mass is 9.82. The van der Waals surface area contributed by atoms with Crippen LogP contribution in [0.15, 0.2) is 146 Å². The molecule has 0 spiro atoms. The fourth-order valence-electron chi connectivity index (χ4n) is 7.46. The van der Waals surface area contributed by atoms with Gasteiger partial charge in [-0.05, 0) is 88.4 Å². The van der Waals surface area contributed by atoms with Gasteiger partial charge in [-0.3, -0.25) is 0 Å². The van der Waals surface area contributed by atoms with E-state index in [0.717, 1.165) is 70.7 Å². The van der Waals surface area contributed by atoms with E-state index in [2.05, 4.69) is 146 Å². The van der Waals surface area contributed by atoms with E-state index in [1.165, 1.54) is 44.5 Å². The van der Waals surface area contributed by atoms with Crippen LogP contribution in [0.1, 0.15) is 22.3 Å². The van der Waals surface area contributed by atoms with Crippen molar-refractivity contribution in [2.24, 2.45) is 0 Å². The van der Waals surface area contributed by atoms with Crippen LogP contribution in [0.3, 0.4) is 0 Å². The number of fused-ring (bicyclic) bond motifs is 6. The number of hydrogen-bond acceptors (Lipinski definition) is 2. The van der Waals surface area contributed by atoms with Crippen molar-refractivity contribution in [1.29, 1.82) is 0 Å². The first-order valence-corrected chi connectivity index (χ1v) is 16.3. The summed E-state index contributed by atoms with van der Waals surface area (Å²) in [6.45, 7) is 0. The molecule has 0 saturated heterocycles. The number of nitrogens with zero attached hydrogens (tertiary/aromatic N) is 2. The van der Waals surface area contributed by atoms with Crippen molar-refractivity contribution >= 4 is 0 Å². The highest BCUT2D eigenvalue weighted by Crippen LogP contribution is 2.43. The van der Waals surface area contributed by atoms with Crippen LogP contribution in [0.2, 0.25) is 0 Å². The highest BCUT2D eigenvalue weighted by atomic mass is 14.7. The van der Waals surface area contributed by atoms with Crippen molar-refractivity contribution in [3.8, 4) is 67.3 Å². The predicted octanol–water partition coefficient (Wildman–Crippen LogP) is 10.7. The second kappa shape index (κ2) is 11.1. The van der Waals surface area contributed by atoms with E-state index in [4.69, 9.17) is 9.97 Å². The Morgan fingerprint density at radius 3 is 1.22 bits per heavy atom. The Kier molecular flexibility index (Phi) is 6.45. The molecular weight excluding hydrogens is 556 g/mol. The van der Waals surface area contributed by atoms with Gasteiger partial charge in [0.05, 0.1) is 22.8 Å². The minimum absolute atomic E-state index is 0.974. The summed E-state index contributed by atoms with van der Waals surface area (Å²) in [4.78, 5) is 10.8. The molecule has 0 aliphatic heterocycles. The lowest BCUT2D eigenvalue weighted by Crippen LogP contribution is -2.09. The third kappa shape index (κ3) is 4.57. The molecule has 9 rings (SSSR count). The van der Waals surface area contributed by atoms with Gasteiger partial charge < -0.3 is 0 Å². The molecular formula is C44H32N2. The normalized spacial score (nSPS) is 12.9. The molecule has 0 atom stereocenters. The van der Waals surface area contributed by atoms with Gasteiger partial charge in [0.1, 0.15) is 0 Å². The van der Waals surface area contributed by atoms with E-state index in [9.17, 15) is 0 Å². The van der Waals surface area contributed by atoms with Crippen molar-refractivity contribution in [1.82, 2.24) is 9.97 Å². The van der Waals surface area contributed by atoms with E-state index in [1.807, 2.05) is 0 Å². The third-order valence-corrected chi connectivity index (χ3v) is 9.70. The van der Waals surface area contributed by atoms with Gasteiger partial charge in [-0.15, -0.1) is 0 Å². The molecule has 5 aromatic carbocycles. The van der Waals surface area contributed by atoms with Crippen molar-refractivity contribution < 1.29 is 0 Å². The van der Waals surface area contributed by atoms with E-state index >= 15 is 0 Å². The second-order valence-electron chi connectivity index (χ2n) is 12.4. The Morgan fingerprint density at radius 2 is 0.739 bits per heavy atom. The average Bonchev–Trinajstić information content (AvgIpc) is 3.14. The van der Waals surface area contributed by atoms with Crippen molar-refractivity contribution in [2.75, 3.05) is 0 Å². The van der Waals surface area contributed by atoms with Crippen LogP contribution in [0.25, 0.3) is 67.3 Å². The summed E-state index contributed by atoms with van der Waals surface area (Å²) in [5.74, 6) is 0. The largest absolute Gasteiger partial charge is 0.247 e. The van der Waals surface area contributed by atoms with Crippen LogP contribution in [-0.2, 0) is 25.7 Å². The number of hydrogen-bond donors (Lipinski definition) is 0. The summed E-state index contributed by atoms with van der Waals surface area (Å²) in [6.07, 6.45) is 4.00. The van der Waals surface area contributed by atoms with E-state index in [0.29, 0.717) is 0 Å². The molecule has 0 N–H and O–H groups in total. The van der Waals surface area contributed by atoms with Crippen LogP contribution < -0.4 is 0 Å². The summed E-state index contributed by atoms with van der Waals surface area (Å²) < 4.78 is 0. The zero-order chi connectivity index (χ0) is 30.5. The number of pyridine rings is 2. The van der Waals surface area contributed by atoms with Gasteiger partial charge in [-0.25, -0.2) is 9.97 Å². The highest BCUT2D eigenvalue weighted by molar-refractivity contribution is 5.87. The number of benzene rings is 5. The maximum Gasteiger partial charge on any atom is 0.0748 e. The van der Waals surface area contributed by atoms with Gasteiger partial charge in [0.15, 0.2) is 0 Å². The Hall–Kier alpha value is -5.60. The van der Waals surface area contributed by atoms with Gasteiger partial charge in [0.25, 0.3) is 0 Å². The van der Waals surface area contributed by atoms with Gasteiger partial charge in [-0.1, -0.05) is 127 Å². The molecule has 0 bridgehead atoms. The first-order chi connectivity index (χ1) is 22.8. The van der Waals surface area contributed by atoms with Gasteiger partial charge in [0, 0.05) is 22.3 Å². The molecule has 2 aliphatic rings. The summed E-state index contributed by atoms with van der Waals surface area (Å²) in [6, 6.07) is 52.4. The molecule has 7 aromatic rings. The first kappa shape index (κ1) is 26.8. The summed E-state index contributed by atoms with van der Waals surface area (Å²) in [5, 5.41) is 0. The first-order valence-electron chi connectivity index (χ1n) is 16.3. The zero-order valence-corrected chi connectivity index (χ0v) is 25.6. The lowest BCUT2D eigenvalue weighted by molar-refractivity contribution is 0.934. The van der Waals surface area contributed by atoms with Gasteiger partial charge in [-0.2, -0.15) is 0 Å². The highest BCUT2D eigenvalue weighted by Gasteiger charge is 2.25. The van der Waals surface area contributed by atoms with Gasteiger partial charge >= 0.3 is 0 Å². The maximum atomic E-state index is 5.40. The Morgan fingerprint density at radius 1 is 0.326 bits per heavy atom. The maximum absolute atomic E-state index is 5.40. The van der Waals surface area contributed by atoms with Crippen molar-refractivity contribution in [2.45, 2.75) is 25.7 Å². The molecule has 0 radical (unpaired) electrons. The van der Waals surface area contributed by atoms with Crippen LogP contribution in [0.5, 0.6) is 0 Å². The molecule has 2 aliphatic carbocycles. The molecule has 46 heavy (non-hydrogen) atoms. The molecule has 0 saturated carbocycles. The van der Waals surface area contributed by atoms with Gasteiger partial charge in [0.2, 0.25) is 0 Å². The number of aryl methyl sites for hydroxylation is 2. The van der Waals surface area contributed by atoms with Crippen molar-refractivity contribution in [3.05, 3.63) is 168 Å².